The van der Waals surface area contributed by atoms with Gasteiger partial charge in [0.1, 0.15) is 6.07 Å². The molecule has 2 aromatic carbocycles. The highest BCUT2D eigenvalue weighted by Crippen LogP contribution is 2.27. The van der Waals surface area contributed by atoms with Crippen LogP contribution in [0, 0.1) is 11.3 Å². The van der Waals surface area contributed by atoms with E-state index in [0.29, 0.717) is 42.3 Å². The van der Waals surface area contributed by atoms with E-state index in [1.807, 2.05) is 18.2 Å². The van der Waals surface area contributed by atoms with Crippen LogP contribution in [0.1, 0.15) is 17.5 Å². The first-order valence-corrected chi connectivity index (χ1v) is 7.88. The van der Waals surface area contributed by atoms with Gasteiger partial charge in [0.15, 0.2) is 11.5 Å². The molecule has 2 rings (SSSR count). The Morgan fingerprint density at radius 2 is 1.88 bits per heavy atom. The van der Waals surface area contributed by atoms with Crippen molar-refractivity contribution in [2.75, 3.05) is 26.1 Å². The van der Waals surface area contributed by atoms with E-state index < -0.39 is 0 Å². The van der Waals surface area contributed by atoms with Gasteiger partial charge in [-0.15, -0.1) is 0 Å². The number of methoxy groups -OCH3 is 2. The van der Waals surface area contributed by atoms with E-state index in [1.54, 1.807) is 38.5 Å². The molecule has 0 saturated carbocycles. The Hall–Kier alpha value is -3.04. The summed E-state index contributed by atoms with van der Waals surface area (Å²) in [6.45, 7) is 1.14. The molecule has 0 atom stereocenters. The first kappa shape index (κ1) is 18.3. The summed E-state index contributed by atoms with van der Waals surface area (Å²) in [5.41, 5.74) is 2.02. The number of nitriles is 1. The number of nitrogens with zero attached hydrogens (tertiary/aromatic N) is 1. The van der Waals surface area contributed by atoms with Gasteiger partial charge in [-0.25, -0.2) is 0 Å². The molecule has 0 bridgehead atoms. The van der Waals surface area contributed by atoms with Crippen LogP contribution in [0.2, 0.25) is 0 Å². The largest absolute Gasteiger partial charge is 0.493 e. The molecule has 0 saturated heterocycles. The standard InChI is InChI=1S/C19H21N3O3/c1-24-17-8-7-14(11-18(17)25-2)13-21-10-9-19(23)22-16-6-4-3-5-15(16)12-20/h3-8,11,21H,9-10,13H2,1-2H3,(H,22,23). The number of para-hydroxylation sites is 1. The van der Waals surface area contributed by atoms with Crippen molar-refractivity contribution in [3.05, 3.63) is 53.6 Å². The van der Waals surface area contributed by atoms with Crippen molar-refractivity contribution in [2.24, 2.45) is 0 Å². The summed E-state index contributed by atoms with van der Waals surface area (Å²) in [7, 11) is 3.19. The minimum atomic E-state index is -0.137. The number of carbonyl (C=O) groups excluding carboxylic acids is 1. The Balaban J connectivity index is 1.79. The molecular weight excluding hydrogens is 318 g/mol. The van der Waals surface area contributed by atoms with Crippen molar-refractivity contribution in [3.63, 3.8) is 0 Å². The lowest BCUT2D eigenvalue weighted by molar-refractivity contribution is -0.116. The number of hydrogen-bond acceptors (Lipinski definition) is 5. The highest BCUT2D eigenvalue weighted by Gasteiger charge is 2.07. The molecule has 0 radical (unpaired) electrons. The van der Waals surface area contributed by atoms with Crippen molar-refractivity contribution in [1.29, 1.82) is 5.26 Å². The number of ether oxygens (including phenoxy) is 2. The Labute approximate surface area is 147 Å². The maximum absolute atomic E-state index is 12.0. The average molecular weight is 339 g/mol. The number of hydrogen-bond donors (Lipinski definition) is 2. The molecule has 6 heteroatoms. The van der Waals surface area contributed by atoms with E-state index in [2.05, 4.69) is 16.7 Å². The van der Waals surface area contributed by atoms with E-state index in [9.17, 15) is 4.79 Å². The summed E-state index contributed by atoms with van der Waals surface area (Å²) in [4.78, 5) is 12.0. The fourth-order valence-corrected chi connectivity index (χ4v) is 2.33. The van der Waals surface area contributed by atoms with Gasteiger partial charge in [0.2, 0.25) is 5.91 Å². The number of benzene rings is 2. The second kappa shape index (κ2) is 9.30. The lowest BCUT2D eigenvalue weighted by Gasteiger charge is -2.10. The molecule has 0 fully saturated rings. The van der Waals surface area contributed by atoms with Crippen molar-refractivity contribution in [2.45, 2.75) is 13.0 Å². The molecule has 0 spiro atoms. The number of rotatable bonds is 8. The van der Waals surface area contributed by atoms with Crippen LogP contribution >= 0.6 is 0 Å². The van der Waals surface area contributed by atoms with Crippen molar-refractivity contribution < 1.29 is 14.3 Å². The average Bonchev–Trinajstić information content (AvgIpc) is 2.65. The predicted octanol–water partition coefficient (Wildman–Crippen LogP) is 2.69. The fraction of sp³-hybridized carbons (Fsp3) is 0.263. The van der Waals surface area contributed by atoms with Crippen LogP contribution < -0.4 is 20.1 Å². The Kier molecular flexibility index (Phi) is 6.81. The van der Waals surface area contributed by atoms with E-state index in [4.69, 9.17) is 14.7 Å². The fourth-order valence-electron chi connectivity index (χ4n) is 2.33. The van der Waals surface area contributed by atoms with E-state index in [-0.39, 0.29) is 5.91 Å². The lowest BCUT2D eigenvalue weighted by Crippen LogP contribution is -2.21. The van der Waals surface area contributed by atoms with Crippen LogP contribution in [0.15, 0.2) is 42.5 Å². The second-order valence-corrected chi connectivity index (χ2v) is 5.32. The molecule has 0 aliphatic rings. The summed E-state index contributed by atoms with van der Waals surface area (Å²) < 4.78 is 10.5. The van der Waals surface area contributed by atoms with Gasteiger partial charge >= 0.3 is 0 Å². The zero-order chi connectivity index (χ0) is 18.1. The molecule has 0 heterocycles. The summed E-state index contributed by atoms with van der Waals surface area (Å²) in [5.74, 6) is 1.22. The number of anilines is 1. The Bertz CT molecular complexity index is 769. The molecular formula is C19H21N3O3. The van der Waals surface area contributed by atoms with Gasteiger partial charge in [0.25, 0.3) is 0 Å². The van der Waals surface area contributed by atoms with Gasteiger partial charge in [-0.2, -0.15) is 5.26 Å². The normalized spacial score (nSPS) is 9.96. The second-order valence-electron chi connectivity index (χ2n) is 5.32. The number of carbonyl (C=O) groups is 1. The third-order valence-corrected chi connectivity index (χ3v) is 3.63. The van der Waals surface area contributed by atoms with Gasteiger partial charge in [-0.05, 0) is 29.8 Å². The third kappa shape index (κ3) is 5.23. The van der Waals surface area contributed by atoms with Crippen LogP contribution in [0.4, 0.5) is 5.69 Å². The lowest BCUT2D eigenvalue weighted by atomic mass is 10.2. The maximum Gasteiger partial charge on any atom is 0.225 e. The van der Waals surface area contributed by atoms with Gasteiger partial charge in [-0.3, -0.25) is 4.79 Å². The van der Waals surface area contributed by atoms with E-state index in [0.717, 1.165) is 5.56 Å². The molecule has 2 N–H and O–H groups in total. The molecule has 0 aliphatic heterocycles. The van der Waals surface area contributed by atoms with Crippen LogP contribution in [-0.4, -0.2) is 26.7 Å². The van der Waals surface area contributed by atoms with Gasteiger partial charge in [-0.1, -0.05) is 18.2 Å². The summed E-state index contributed by atoms with van der Waals surface area (Å²) in [6, 6.07) is 14.7. The SMILES string of the molecule is COc1ccc(CNCCC(=O)Nc2ccccc2C#N)cc1OC. The highest BCUT2D eigenvalue weighted by molar-refractivity contribution is 5.92. The molecule has 0 unspecified atom stereocenters. The molecule has 1 amide bonds. The summed E-state index contributed by atoms with van der Waals surface area (Å²) in [6.07, 6.45) is 0.313. The maximum atomic E-state index is 12.0. The summed E-state index contributed by atoms with van der Waals surface area (Å²) >= 11 is 0. The van der Waals surface area contributed by atoms with E-state index in [1.165, 1.54) is 0 Å². The molecule has 2 aromatic rings. The monoisotopic (exact) mass is 339 g/mol. The first-order chi connectivity index (χ1) is 12.2. The minimum absolute atomic E-state index is 0.137. The molecule has 0 aliphatic carbocycles. The summed E-state index contributed by atoms with van der Waals surface area (Å²) in [5, 5.41) is 15.0. The Morgan fingerprint density at radius 3 is 2.60 bits per heavy atom. The first-order valence-electron chi connectivity index (χ1n) is 7.88. The van der Waals surface area contributed by atoms with Crippen molar-refractivity contribution in [1.82, 2.24) is 5.32 Å². The van der Waals surface area contributed by atoms with Gasteiger partial charge in [0.05, 0.1) is 25.5 Å². The quantitative estimate of drug-likeness (QED) is 0.723. The van der Waals surface area contributed by atoms with Gasteiger partial charge < -0.3 is 20.1 Å². The molecule has 130 valence electrons. The van der Waals surface area contributed by atoms with Crippen LogP contribution in [0.25, 0.3) is 0 Å². The molecule has 25 heavy (non-hydrogen) atoms. The van der Waals surface area contributed by atoms with E-state index >= 15 is 0 Å². The van der Waals surface area contributed by atoms with Crippen molar-refractivity contribution >= 4 is 11.6 Å². The van der Waals surface area contributed by atoms with Crippen LogP contribution in [0.5, 0.6) is 11.5 Å². The third-order valence-electron chi connectivity index (χ3n) is 3.63. The number of nitrogens with one attached hydrogen (secondary N) is 2. The minimum Gasteiger partial charge on any atom is -0.493 e. The number of amides is 1. The van der Waals surface area contributed by atoms with Crippen molar-refractivity contribution in [3.8, 4) is 17.6 Å². The predicted molar refractivity (Wildman–Crippen MR) is 95.7 cm³/mol. The smallest absolute Gasteiger partial charge is 0.225 e. The zero-order valence-electron chi connectivity index (χ0n) is 14.3. The van der Waals surface area contributed by atoms with Crippen LogP contribution in [-0.2, 0) is 11.3 Å². The highest BCUT2D eigenvalue weighted by atomic mass is 16.5. The zero-order valence-corrected chi connectivity index (χ0v) is 14.3. The molecule has 0 aromatic heterocycles. The van der Waals surface area contributed by atoms with Crippen LogP contribution in [0.3, 0.4) is 0 Å². The topological polar surface area (TPSA) is 83.4 Å². The molecule has 6 nitrogen and oxygen atoms in total. The van der Waals surface area contributed by atoms with Gasteiger partial charge in [0, 0.05) is 19.5 Å². The Morgan fingerprint density at radius 1 is 1.12 bits per heavy atom.